The van der Waals surface area contributed by atoms with Gasteiger partial charge in [-0.2, -0.15) is 18.3 Å². The number of nitrogens with one attached hydrogen (secondary N) is 2. The predicted octanol–water partition coefficient (Wildman–Crippen LogP) is 4.09. The Morgan fingerprint density at radius 3 is 2.75 bits per heavy atom. The normalized spacial score (nSPS) is 12.9. The fourth-order valence-electron chi connectivity index (χ4n) is 3.49. The summed E-state index contributed by atoms with van der Waals surface area (Å²) >= 11 is 0. The van der Waals surface area contributed by atoms with Crippen molar-refractivity contribution in [3.05, 3.63) is 63.8 Å². The van der Waals surface area contributed by atoms with E-state index in [1.807, 2.05) is 25.1 Å². The Kier molecular flexibility index (Phi) is 5.23. The van der Waals surface area contributed by atoms with Crippen molar-refractivity contribution in [3.63, 3.8) is 0 Å². The molecule has 0 aliphatic heterocycles. The molecule has 4 rings (SSSR count). The van der Waals surface area contributed by atoms with Crippen LogP contribution in [0, 0.1) is 6.92 Å². The molecule has 0 spiro atoms. The second kappa shape index (κ2) is 7.77. The third-order valence-electron chi connectivity index (χ3n) is 5.37. The van der Waals surface area contributed by atoms with Crippen molar-refractivity contribution >= 4 is 22.3 Å². The summed E-state index contributed by atoms with van der Waals surface area (Å²) in [6, 6.07) is 7.05. The Balaban J connectivity index is 1.92. The number of aromatic amines is 1. The highest BCUT2D eigenvalue weighted by atomic mass is 19.4. The summed E-state index contributed by atoms with van der Waals surface area (Å²) < 4.78 is 42.3. The number of aryl methyl sites for hydroxylation is 1. The number of halogens is 3. The van der Waals surface area contributed by atoms with Crippen LogP contribution in [0.2, 0.25) is 0 Å². The van der Waals surface area contributed by atoms with Crippen LogP contribution in [0.15, 0.2) is 41.5 Å². The molecule has 4 aromatic rings. The van der Waals surface area contributed by atoms with Crippen LogP contribution >= 0.6 is 0 Å². The Labute approximate surface area is 180 Å². The molecule has 1 amide bonds. The van der Waals surface area contributed by atoms with Crippen molar-refractivity contribution in [2.24, 2.45) is 0 Å². The topological polar surface area (TPSA) is 92.2 Å². The Hall–Kier alpha value is -3.69. The third-order valence-corrected chi connectivity index (χ3v) is 5.37. The second-order valence-electron chi connectivity index (χ2n) is 7.66. The summed E-state index contributed by atoms with van der Waals surface area (Å²) in [6.45, 7) is 5.36. The van der Waals surface area contributed by atoms with Gasteiger partial charge >= 0.3 is 6.18 Å². The van der Waals surface area contributed by atoms with E-state index < -0.39 is 34.4 Å². The third kappa shape index (κ3) is 3.72. The molecule has 166 valence electrons. The van der Waals surface area contributed by atoms with Gasteiger partial charge in [-0.1, -0.05) is 19.1 Å². The molecule has 1 aromatic carbocycles. The predicted molar refractivity (Wildman–Crippen MR) is 114 cm³/mol. The van der Waals surface area contributed by atoms with E-state index in [1.165, 1.54) is 12.4 Å². The maximum Gasteiger partial charge on any atom is 0.421 e. The zero-order valence-electron chi connectivity index (χ0n) is 17.5. The van der Waals surface area contributed by atoms with Crippen LogP contribution in [0.1, 0.15) is 41.9 Å². The van der Waals surface area contributed by atoms with Crippen LogP contribution < -0.4 is 10.9 Å². The summed E-state index contributed by atoms with van der Waals surface area (Å²) in [6.07, 6.45) is -1.64. The van der Waals surface area contributed by atoms with Gasteiger partial charge in [0.15, 0.2) is 5.69 Å². The maximum absolute atomic E-state index is 13.8. The number of alkyl halides is 3. The van der Waals surface area contributed by atoms with E-state index in [2.05, 4.69) is 20.4 Å². The summed E-state index contributed by atoms with van der Waals surface area (Å²) in [7, 11) is 0. The number of carbonyl (C=O) groups excluding carboxylic acids is 1. The SMILES string of the molecule is CC[C@@H](C)NC(=O)c1nn2cc(-c3cnc4cccc(C)c4c3)[nH]c(=O)c2c1C(F)(F)F. The Morgan fingerprint density at radius 2 is 2.06 bits per heavy atom. The molecule has 0 unspecified atom stereocenters. The van der Waals surface area contributed by atoms with Crippen LogP contribution in [0.5, 0.6) is 0 Å². The van der Waals surface area contributed by atoms with Crippen molar-refractivity contribution in [1.29, 1.82) is 0 Å². The van der Waals surface area contributed by atoms with Gasteiger partial charge in [-0.3, -0.25) is 14.6 Å². The molecule has 32 heavy (non-hydrogen) atoms. The molecule has 1 atom stereocenters. The molecule has 0 bridgehead atoms. The van der Waals surface area contributed by atoms with E-state index in [0.717, 1.165) is 21.0 Å². The molecule has 3 aromatic heterocycles. The first-order chi connectivity index (χ1) is 15.1. The Morgan fingerprint density at radius 1 is 1.31 bits per heavy atom. The summed E-state index contributed by atoms with van der Waals surface area (Å²) in [5.41, 5.74) is -1.50. The molecule has 0 aliphatic rings. The van der Waals surface area contributed by atoms with Crippen LogP contribution in [0.4, 0.5) is 13.2 Å². The van der Waals surface area contributed by atoms with Crippen molar-refractivity contribution in [2.75, 3.05) is 0 Å². The van der Waals surface area contributed by atoms with Crippen LogP contribution in [0.25, 0.3) is 27.7 Å². The lowest BCUT2D eigenvalue weighted by Crippen LogP contribution is -2.33. The highest BCUT2D eigenvalue weighted by molar-refractivity contribution is 5.96. The first kappa shape index (κ1) is 21.5. The number of nitrogens with zero attached hydrogens (tertiary/aromatic N) is 3. The number of carbonyl (C=O) groups is 1. The van der Waals surface area contributed by atoms with Gasteiger partial charge in [0.05, 0.1) is 17.4 Å². The number of benzene rings is 1. The highest BCUT2D eigenvalue weighted by Crippen LogP contribution is 2.34. The van der Waals surface area contributed by atoms with Gasteiger partial charge < -0.3 is 10.3 Å². The monoisotopic (exact) mass is 443 g/mol. The molecule has 2 N–H and O–H groups in total. The van der Waals surface area contributed by atoms with Gasteiger partial charge in [0.25, 0.3) is 11.5 Å². The summed E-state index contributed by atoms with van der Waals surface area (Å²) in [5.74, 6) is -0.987. The van der Waals surface area contributed by atoms with Gasteiger partial charge in [0.1, 0.15) is 11.1 Å². The molecule has 0 radical (unpaired) electrons. The Bertz CT molecular complexity index is 1400. The molecular formula is C22H20F3N5O2. The average Bonchev–Trinajstić information content (AvgIpc) is 3.14. The standard InChI is InChI=1S/C22H20F3N5O2/c1-4-12(3)27-20(31)18-17(22(23,24)25)19-21(32)28-16(10-30(19)29-18)13-8-14-11(2)6-5-7-15(14)26-9-13/h5-10,12H,4H2,1-3H3,(H,27,31)(H,28,32)/t12-/m1/s1. The number of hydrogen-bond donors (Lipinski definition) is 2. The first-order valence-corrected chi connectivity index (χ1v) is 9.99. The number of H-pyrrole nitrogens is 1. The zero-order chi connectivity index (χ0) is 23.2. The highest BCUT2D eigenvalue weighted by Gasteiger charge is 2.41. The molecule has 7 nitrogen and oxygen atoms in total. The average molecular weight is 443 g/mol. The van der Waals surface area contributed by atoms with Gasteiger partial charge in [-0.15, -0.1) is 0 Å². The molecule has 3 heterocycles. The van der Waals surface area contributed by atoms with E-state index in [0.29, 0.717) is 12.0 Å². The molecule has 0 fully saturated rings. The van der Waals surface area contributed by atoms with E-state index in [4.69, 9.17) is 0 Å². The van der Waals surface area contributed by atoms with E-state index >= 15 is 0 Å². The summed E-state index contributed by atoms with van der Waals surface area (Å²) in [4.78, 5) is 32.1. The van der Waals surface area contributed by atoms with Crippen molar-refractivity contribution < 1.29 is 18.0 Å². The number of pyridine rings is 1. The lowest BCUT2D eigenvalue weighted by atomic mass is 10.1. The van der Waals surface area contributed by atoms with Crippen LogP contribution in [-0.2, 0) is 6.18 Å². The molecule has 10 heteroatoms. The van der Waals surface area contributed by atoms with Crippen molar-refractivity contribution in [3.8, 4) is 11.3 Å². The largest absolute Gasteiger partial charge is 0.421 e. The van der Waals surface area contributed by atoms with E-state index in [9.17, 15) is 22.8 Å². The molecular weight excluding hydrogens is 423 g/mol. The second-order valence-corrected chi connectivity index (χ2v) is 7.66. The van der Waals surface area contributed by atoms with Gasteiger partial charge in [-0.25, -0.2) is 4.52 Å². The van der Waals surface area contributed by atoms with Gasteiger partial charge in [-0.05, 0) is 38.0 Å². The first-order valence-electron chi connectivity index (χ1n) is 9.99. The van der Waals surface area contributed by atoms with E-state index in [-0.39, 0.29) is 11.7 Å². The van der Waals surface area contributed by atoms with Gasteiger partial charge in [0.2, 0.25) is 0 Å². The van der Waals surface area contributed by atoms with Gasteiger partial charge in [0, 0.05) is 23.2 Å². The van der Waals surface area contributed by atoms with Crippen molar-refractivity contribution in [1.82, 2.24) is 24.9 Å². The number of fused-ring (bicyclic) bond motifs is 2. The number of aromatic nitrogens is 4. The number of rotatable bonds is 4. The fraction of sp³-hybridized carbons (Fsp3) is 0.273. The minimum absolute atomic E-state index is 0.227. The minimum atomic E-state index is -4.94. The maximum atomic E-state index is 13.8. The van der Waals surface area contributed by atoms with Crippen molar-refractivity contribution in [2.45, 2.75) is 39.4 Å². The molecule has 0 saturated carbocycles. The minimum Gasteiger partial charge on any atom is -0.348 e. The molecule has 0 aliphatic carbocycles. The van der Waals surface area contributed by atoms with Crippen LogP contribution in [-0.4, -0.2) is 31.5 Å². The molecule has 0 saturated heterocycles. The lowest BCUT2D eigenvalue weighted by molar-refractivity contribution is -0.136. The van der Waals surface area contributed by atoms with E-state index in [1.54, 1.807) is 19.9 Å². The number of amides is 1. The zero-order valence-corrected chi connectivity index (χ0v) is 17.5. The number of hydrogen-bond acceptors (Lipinski definition) is 4. The lowest BCUT2D eigenvalue weighted by Gasteiger charge is -2.11. The smallest absolute Gasteiger partial charge is 0.348 e. The quantitative estimate of drug-likeness (QED) is 0.497. The fourth-order valence-corrected chi connectivity index (χ4v) is 3.49. The van der Waals surface area contributed by atoms with Crippen LogP contribution in [0.3, 0.4) is 0 Å². The summed E-state index contributed by atoms with van der Waals surface area (Å²) in [5, 5.41) is 7.16.